The van der Waals surface area contributed by atoms with Crippen molar-refractivity contribution in [1.29, 1.82) is 0 Å². The monoisotopic (exact) mass is 292 g/mol. The van der Waals surface area contributed by atoms with Crippen LogP contribution in [0.5, 0.6) is 0 Å². The lowest BCUT2D eigenvalue weighted by Gasteiger charge is -2.17. The van der Waals surface area contributed by atoms with Crippen molar-refractivity contribution < 1.29 is 19.8 Å². The lowest BCUT2D eigenvalue weighted by Crippen LogP contribution is -2.23. The molecule has 0 saturated carbocycles. The molecule has 21 heavy (non-hydrogen) atoms. The zero-order valence-corrected chi connectivity index (χ0v) is 12.8. The molecule has 0 aromatic heterocycles. The number of carboxylic acid groups (broad SMARTS) is 2. The molecule has 0 aliphatic carbocycles. The van der Waals surface area contributed by atoms with Gasteiger partial charge in [-0.15, -0.1) is 0 Å². The summed E-state index contributed by atoms with van der Waals surface area (Å²) < 4.78 is 0. The first-order chi connectivity index (χ1) is 10.0. The molecule has 0 fully saturated rings. The van der Waals surface area contributed by atoms with E-state index in [2.05, 4.69) is 13.8 Å². The van der Waals surface area contributed by atoms with Gasteiger partial charge in [0.25, 0.3) is 0 Å². The van der Waals surface area contributed by atoms with Crippen LogP contribution in [0.2, 0.25) is 0 Å². The molecular weight excluding hydrogens is 268 g/mol. The van der Waals surface area contributed by atoms with Crippen LogP contribution in [0.4, 0.5) is 0 Å². The summed E-state index contributed by atoms with van der Waals surface area (Å²) in [6.45, 7) is 4.17. The van der Waals surface area contributed by atoms with Crippen LogP contribution in [0.3, 0.4) is 0 Å². The second-order valence-corrected chi connectivity index (χ2v) is 5.30. The molecule has 0 heterocycles. The molecule has 0 aliphatic rings. The Bertz CT molecular complexity index is 480. The predicted molar refractivity (Wildman–Crippen MR) is 81.7 cm³/mol. The van der Waals surface area contributed by atoms with Gasteiger partial charge in [-0.25, -0.2) is 0 Å². The highest BCUT2D eigenvalue weighted by Gasteiger charge is 2.30. The molecular formula is C17H24O4. The smallest absolute Gasteiger partial charge is 0.322 e. The maximum absolute atomic E-state index is 11.3. The van der Waals surface area contributed by atoms with Gasteiger partial charge >= 0.3 is 11.9 Å². The van der Waals surface area contributed by atoms with Crippen LogP contribution in [0.15, 0.2) is 18.2 Å². The summed E-state index contributed by atoms with van der Waals surface area (Å²) in [6.07, 6.45) is 5.61. The van der Waals surface area contributed by atoms with Crippen molar-refractivity contribution in [1.82, 2.24) is 0 Å². The van der Waals surface area contributed by atoms with Gasteiger partial charge in [0, 0.05) is 0 Å². The number of benzene rings is 1. The quantitative estimate of drug-likeness (QED) is 0.682. The van der Waals surface area contributed by atoms with Gasteiger partial charge < -0.3 is 10.2 Å². The highest BCUT2D eigenvalue weighted by molar-refractivity contribution is 5.99. The second kappa shape index (κ2) is 8.45. The largest absolute Gasteiger partial charge is 0.480 e. The number of carboxylic acids is 2. The van der Waals surface area contributed by atoms with Crippen LogP contribution < -0.4 is 0 Å². The minimum Gasteiger partial charge on any atom is -0.480 e. The van der Waals surface area contributed by atoms with Crippen molar-refractivity contribution in [3.05, 3.63) is 34.9 Å². The first-order valence-corrected chi connectivity index (χ1v) is 7.59. The van der Waals surface area contributed by atoms with Crippen LogP contribution in [0, 0.1) is 0 Å². The Hall–Kier alpha value is -1.84. The maximum atomic E-state index is 11.3. The molecule has 0 unspecified atom stereocenters. The average Bonchev–Trinajstić information content (AvgIpc) is 2.43. The third-order valence-electron chi connectivity index (χ3n) is 3.69. The van der Waals surface area contributed by atoms with E-state index in [1.807, 2.05) is 6.07 Å². The first kappa shape index (κ1) is 17.2. The van der Waals surface area contributed by atoms with E-state index in [0.717, 1.165) is 49.7 Å². The van der Waals surface area contributed by atoms with Gasteiger partial charge in [0.05, 0.1) is 0 Å². The Morgan fingerprint density at radius 2 is 1.57 bits per heavy atom. The Morgan fingerprint density at radius 1 is 1.00 bits per heavy atom. The Kier molecular flexibility index (Phi) is 6.92. The summed E-state index contributed by atoms with van der Waals surface area (Å²) in [7, 11) is 0. The lowest BCUT2D eigenvalue weighted by molar-refractivity contribution is -0.150. The van der Waals surface area contributed by atoms with Crippen LogP contribution in [-0.4, -0.2) is 22.2 Å². The molecule has 0 aliphatic heterocycles. The van der Waals surface area contributed by atoms with Gasteiger partial charge in [0.2, 0.25) is 0 Å². The Balaban J connectivity index is 3.27. The van der Waals surface area contributed by atoms with Crippen LogP contribution in [0.25, 0.3) is 0 Å². The third kappa shape index (κ3) is 4.59. The van der Waals surface area contributed by atoms with E-state index in [1.54, 1.807) is 12.1 Å². The zero-order valence-electron chi connectivity index (χ0n) is 12.8. The molecule has 0 radical (unpaired) electrons. The van der Waals surface area contributed by atoms with E-state index >= 15 is 0 Å². The van der Waals surface area contributed by atoms with Crippen LogP contribution >= 0.6 is 0 Å². The van der Waals surface area contributed by atoms with E-state index in [0.29, 0.717) is 5.56 Å². The minimum atomic E-state index is -1.47. The molecule has 0 atom stereocenters. The lowest BCUT2D eigenvalue weighted by atomic mass is 9.87. The topological polar surface area (TPSA) is 74.6 Å². The first-order valence-electron chi connectivity index (χ1n) is 7.59. The molecule has 4 nitrogen and oxygen atoms in total. The summed E-state index contributed by atoms with van der Waals surface area (Å²) in [5, 5.41) is 18.5. The molecule has 1 aromatic carbocycles. The number of carbonyl (C=O) groups is 2. The molecule has 1 rings (SSSR count). The highest BCUT2D eigenvalue weighted by atomic mass is 16.4. The van der Waals surface area contributed by atoms with Crippen molar-refractivity contribution in [2.24, 2.45) is 0 Å². The minimum absolute atomic E-state index is 0.442. The summed E-state index contributed by atoms with van der Waals surface area (Å²) in [5.41, 5.74) is 2.45. The van der Waals surface area contributed by atoms with Crippen LogP contribution in [-0.2, 0) is 22.4 Å². The number of aryl methyl sites for hydroxylation is 1. The summed E-state index contributed by atoms with van der Waals surface area (Å²) in [6, 6.07) is 5.41. The van der Waals surface area contributed by atoms with Gasteiger partial charge in [-0.3, -0.25) is 9.59 Å². The van der Waals surface area contributed by atoms with Crippen LogP contribution in [0.1, 0.15) is 62.1 Å². The summed E-state index contributed by atoms with van der Waals surface area (Å²) >= 11 is 0. The van der Waals surface area contributed by atoms with Gasteiger partial charge in [-0.2, -0.15) is 0 Å². The maximum Gasteiger partial charge on any atom is 0.322 e. The fourth-order valence-corrected chi connectivity index (χ4v) is 2.56. The number of unbranched alkanes of at least 4 members (excludes halogenated alkanes) is 2. The number of aliphatic carboxylic acids is 2. The van der Waals surface area contributed by atoms with Crippen molar-refractivity contribution >= 4 is 11.9 Å². The molecule has 0 saturated heterocycles. The summed E-state index contributed by atoms with van der Waals surface area (Å²) in [5.74, 6) is -4.07. The van der Waals surface area contributed by atoms with Crippen molar-refractivity contribution in [2.45, 2.75) is 58.3 Å². The Morgan fingerprint density at radius 3 is 2.10 bits per heavy atom. The fraction of sp³-hybridized carbons (Fsp3) is 0.529. The van der Waals surface area contributed by atoms with E-state index in [9.17, 15) is 19.8 Å². The van der Waals surface area contributed by atoms with E-state index in [-0.39, 0.29) is 0 Å². The second-order valence-electron chi connectivity index (χ2n) is 5.30. The van der Waals surface area contributed by atoms with Gasteiger partial charge in [-0.1, -0.05) is 44.9 Å². The fourth-order valence-electron chi connectivity index (χ4n) is 2.56. The van der Waals surface area contributed by atoms with E-state index in [1.165, 1.54) is 0 Å². The SMILES string of the molecule is CCCCc1cccc(C(C(=O)O)C(=O)O)c1CCCC. The van der Waals surface area contributed by atoms with E-state index < -0.39 is 17.9 Å². The average molecular weight is 292 g/mol. The van der Waals surface area contributed by atoms with Gasteiger partial charge in [0.1, 0.15) is 0 Å². The van der Waals surface area contributed by atoms with Gasteiger partial charge in [0.15, 0.2) is 5.92 Å². The van der Waals surface area contributed by atoms with Gasteiger partial charge in [-0.05, 0) is 42.4 Å². The number of rotatable bonds is 9. The predicted octanol–water partition coefficient (Wildman–Crippen LogP) is 3.62. The number of hydrogen-bond donors (Lipinski definition) is 2. The molecule has 116 valence electrons. The zero-order chi connectivity index (χ0) is 15.8. The highest BCUT2D eigenvalue weighted by Crippen LogP contribution is 2.27. The Labute approximate surface area is 125 Å². The summed E-state index contributed by atoms with van der Waals surface area (Å²) in [4.78, 5) is 22.6. The standard InChI is InChI=1S/C17H24O4/c1-3-5-8-12-9-7-11-14(13(12)10-6-4-2)15(16(18)19)17(20)21/h7,9,11,15H,3-6,8,10H2,1-2H3,(H,18,19)(H,20,21). The molecule has 0 amide bonds. The normalized spacial score (nSPS) is 10.8. The molecule has 4 heteroatoms. The molecule has 1 aromatic rings. The third-order valence-corrected chi connectivity index (χ3v) is 3.69. The van der Waals surface area contributed by atoms with Crippen molar-refractivity contribution in [3.8, 4) is 0 Å². The molecule has 0 spiro atoms. The van der Waals surface area contributed by atoms with Crippen molar-refractivity contribution in [2.75, 3.05) is 0 Å². The molecule has 0 bridgehead atoms. The number of hydrogen-bond acceptors (Lipinski definition) is 2. The van der Waals surface area contributed by atoms with E-state index in [4.69, 9.17) is 0 Å². The molecule has 2 N–H and O–H groups in total. The van der Waals surface area contributed by atoms with Crippen molar-refractivity contribution in [3.63, 3.8) is 0 Å².